The van der Waals surface area contributed by atoms with Crippen LogP contribution < -0.4 is 5.73 Å². The molecular weight excluding hydrogens is 232 g/mol. The van der Waals surface area contributed by atoms with Crippen molar-refractivity contribution in [2.24, 2.45) is 5.73 Å². The minimum atomic E-state index is 0.0693. The predicted octanol–water partition coefficient (Wildman–Crippen LogP) is 3.17. The highest BCUT2D eigenvalue weighted by atomic mass is 15.2. The highest BCUT2D eigenvalue weighted by Crippen LogP contribution is 2.27. The summed E-state index contributed by atoms with van der Waals surface area (Å²) in [7, 11) is 0. The van der Waals surface area contributed by atoms with E-state index in [1.165, 1.54) is 37.8 Å². The lowest BCUT2D eigenvalue weighted by Gasteiger charge is -2.37. The SMILES string of the molecule is CC1CCCCCN1CC(C)(CN)c1ccccc1. The minimum Gasteiger partial charge on any atom is -0.330 e. The average molecular weight is 260 g/mol. The van der Waals surface area contributed by atoms with Crippen molar-refractivity contribution in [1.29, 1.82) is 0 Å². The van der Waals surface area contributed by atoms with E-state index in [0.29, 0.717) is 12.6 Å². The molecule has 1 heterocycles. The third-order valence-corrected chi connectivity index (χ3v) is 4.66. The van der Waals surface area contributed by atoms with Gasteiger partial charge < -0.3 is 5.73 Å². The second-order valence-corrected chi connectivity index (χ2v) is 6.30. The van der Waals surface area contributed by atoms with Gasteiger partial charge in [-0.05, 0) is 31.9 Å². The molecule has 0 bridgehead atoms. The molecule has 2 atom stereocenters. The molecule has 0 aliphatic carbocycles. The summed E-state index contributed by atoms with van der Waals surface area (Å²) in [5.74, 6) is 0. The van der Waals surface area contributed by atoms with Gasteiger partial charge in [0, 0.05) is 24.5 Å². The Morgan fingerprint density at radius 3 is 2.63 bits per heavy atom. The van der Waals surface area contributed by atoms with E-state index in [0.717, 1.165) is 6.54 Å². The first-order valence-electron chi connectivity index (χ1n) is 7.65. The van der Waals surface area contributed by atoms with Crippen LogP contribution in [0.4, 0.5) is 0 Å². The third-order valence-electron chi connectivity index (χ3n) is 4.66. The smallest absolute Gasteiger partial charge is 0.0174 e. The molecule has 1 saturated heterocycles. The molecule has 1 aliphatic heterocycles. The number of nitrogens with two attached hydrogens (primary N) is 1. The molecule has 0 radical (unpaired) electrons. The zero-order valence-corrected chi connectivity index (χ0v) is 12.4. The van der Waals surface area contributed by atoms with Gasteiger partial charge in [0.05, 0.1) is 0 Å². The molecule has 2 nitrogen and oxygen atoms in total. The van der Waals surface area contributed by atoms with E-state index in [1.807, 2.05) is 0 Å². The van der Waals surface area contributed by atoms with Gasteiger partial charge in [-0.15, -0.1) is 0 Å². The van der Waals surface area contributed by atoms with Gasteiger partial charge in [0.1, 0.15) is 0 Å². The maximum Gasteiger partial charge on any atom is 0.0174 e. The van der Waals surface area contributed by atoms with Gasteiger partial charge in [-0.25, -0.2) is 0 Å². The van der Waals surface area contributed by atoms with Crippen molar-refractivity contribution in [1.82, 2.24) is 4.90 Å². The van der Waals surface area contributed by atoms with Crippen LogP contribution in [-0.2, 0) is 5.41 Å². The van der Waals surface area contributed by atoms with E-state index >= 15 is 0 Å². The first-order valence-corrected chi connectivity index (χ1v) is 7.65. The van der Waals surface area contributed by atoms with Gasteiger partial charge in [-0.3, -0.25) is 4.90 Å². The van der Waals surface area contributed by atoms with Crippen molar-refractivity contribution >= 4 is 0 Å². The largest absolute Gasteiger partial charge is 0.330 e. The molecule has 0 amide bonds. The summed E-state index contributed by atoms with van der Waals surface area (Å²) in [5, 5.41) is 0. The quantitative estimate of drug-likeness (QED) is 0.901. The molecule has 2 heteroatoms. The van der Waals surface area contributed by atoms with Crippen molar-refractivity contribution in [2.75, 3.05) is 19.6 Å². The fourth-order valence-corrected chi connectivity index (χ4v) is 3.13. The van der Waals surface area contributed by atoms with E-state index in [2.05, 4.69) is 49.1 Å². The minimum absolute atomic E-state index is 0.0693. The highest BCUT2D eigenvalue weighted by Gasteiger charge is 2.30. The zero-order valence-electron chi connectivity index (χ0n) is 12.4. The number of rotatable bonds is 4. The zero-order chi connectivity index (χ0) is 13.7. The van der Waals surface area contributed by atoms with Gasteiger partial charge in [0.15, 0.2) is 0 Å². The molecule has 2 unspecified atom stereocenters. The van der Waals surface area contributed by atoms with E-state index in [9.17, 15) is 0 Å². The van der Waals surface area contributed by atoms with Crippen LogP contribution in [0.1, 0.15) is 45.1 Å². The van der Waals surface area contributed by atoms with Crippen molar-refractivity contribution < 1.29 is 0 Å². The Bertz CT molecular complexity index is 376. The maximum absolute atomic E-state index is 6.11. The summed E-state index contributed by atoms with van der Waals surface area (Å²) in [6.07, 6.45) is 5.42. The van der Waals surface area contributed by atoms with E-state index in [1.54, 1.807) is 0 Å². The van der Waals surface area contributed by atoms with Crippen molar-refractivity contribution in [2.45, 2.75) is 51.0 Å². The Kier molecular flexibility index (Phi) is 5.00. The van der Waals surface area contributed by atoms with Crippen LogP contribution in [0.5, 0.6) is 0 Å². The normalized spacial score (nSPS) is 24.7. The predicted molar refractivity (Wildman–Crippen MR) is 82.4 cm³/mol. The van der Waals surface area contributed by atoms with E-state index in [4.69, 9.17) is 5.73 Å². The Balaban J connectivity index is 2.13. The van der Waals surface area contributed by atoms with Crippen molar-refractivity contribution in [3.8, 4) is 0 Å². The van der Waals surface area contributed by atoms with Gasteiger partial charge >= 0.3 is 0 Å². The van der Waals surface area contributed by atoms with Crippen LogP contribution in [0, 0.1) is 0 Å². The monoisotopic (exact) mass is 260 g/mol. The fourth-order valence-electron chi connectivity index (χ4n) is 3.13. The Morgan fingerprint density at radius 2 is 1.95 bits per heavy atom. The molecule has 0 aromatic heterocycles. The van der Waals surface area contributed by atoms with Gasteiger partial charge in [0.2, 0.25) is 0 Å². The summed E-state index contributed by atoms with van der Waals surface area (Å²) in [6.45, 7) is 7.69. The Morgan fingerprint density at radius 1 is 1.21 bits per heavy atom. The first kappa shape index (κ1) is 14.5. The molecule has 1 aromatic carbocycles. The standard InChI is InChI=1S/C17H28N2/c1-15-9-5-4-8-12-19(15)14-17(2,13-18)16-10-6-3-7-11-16/h3,6-7,10-11,15H,4-5,8-9,12-14,18H2,1-2H3. The topological polar surface area (TPSA) is 29.3 Å². The molecular formula is C17H28N2. The molecule has 0 saturated carbocycles. The molecule has 1 aliphatic rings. The summed E-state index contributed by atoms with van der Waals surface area (Å²) >= 11 is 0. The Labute approximate surface area is 118 Å². The van der Waals surface area contributed by atoms with Gasteiger partial charge in [-0.1, -0.05) is 50.1 Å². The molecule has 1 aromatic rings. The molecule has 1 fully saturated rings. The summed E-state index contributed by atoms with van der Waals surface area (Å²) in [6, 6.07) is 11.4. The second kappa shape index (κ2) is 6.53. The van der Waals surface area contributed by atoms with Crippen molar-refractivity contribution in [3.05, 3.63) is 35.9 Å². The van der Waals surface area contributed by atoms with Crippen LogP contribution >= 0.6 is 0 Å². The lowest BCUT2D eigenvalue weighted by molar-refractivity contribution is 0.170. The first-order chi connectivity index (χ1) is 9.15. The van der Waals surface area contributed by atoms with E-state index in [-0.39, 0.29) is 5.41 Å². The molecule has 2 N–H and O–H groups in total. The Hall–Kier alpha value is -0.860. The molecule has 19 heavy (non-hydrogen) atoms. The lowest BCUT2D eigenvalue weighted by Crippen LogP contribution is -2.47. The summed E-state index contributed by atoms with van der Waals surface area (Å²) in [4.78, 5) is 2.65. The van der Waals surface area contributed by atoms with Crippen LogP contribution in [0.3, 0.4) is 0 Å². The van der Waals surface area contributed by atoms with Crippen LogP contribution in [-0.4, -0.2) is 30.6 Å². The number of hydrogen-bond donors (Lipinski definition) is 1. The fraction of sp³-hybridized carbons (Fsp3) is 0.647. The molecule has 0 spiro atoms. The molecule has 106 valence electrons. The molecule has 2 rings (SSSR count). The average Bonchev–Trinajstić information content (AvgIpc) is 2.65. The summed E-state index contributed by atoms with van der Waals surface area (Å²) < 4.78 is 0. The summed E-state index contributed by atoms with van der Waals surface area (Å²) in [5.41, 5.74) is 7.55. The highest BCUT2D eigenvalue weighted by molar-refractivity contribution is 5.25. The van der Waals surface area contributed by atoms with Crippen LogP contribution in [0.15, 0.2) is 30.3 Å². The maximum atomic E-state index is 6.11. The van der Waals surface area contributed by atoms with Gasteiger partial charge in [-0.2, -0.15) is 0 Å². The second-order valence-electron chi connectivity index (χ2n) is 6.30. The van der Waals surface area contributed by atoms with Crippen LogP contribution in [0.2, 0.25) is 0 Å². The van der Waals surface area contributed by atoms with Crippen LogP contribution in [0.25, 0.3) is 0 Å². The van der Waals surface area contributed by atoms with E-state index < -0.39 is 0 Å². The number of nitrogens with zero attached hydrogens (tertiary/aromatic N) is 1. The van der Waals surface area contributed by atoms with Gasteiger partial charge in [0.25, 0.3) is 0 Å². The third kappa shape index (κ3) is 3.58. The van der Waals surface area contributed by atoms with Crippen molar-refractivity contribution in [3.63, 3.8) is 0 Å². The number of benzene rings is 1. The number of hydrogen-bond acceptors (Lipinski definition) is 2. The number of likely N-dealkylation sites (tertiary alicyclic amines) is 1. The lowest BCUT2D eigenvalue weighted by atomic mass is 9.81.